The van der Waals surface area contributed by atoms with Crippen LogP contribution in [0.4, 0.5) is 21.9 Å². The van der Waals surface area contributed by atoms with E-state index < -0.39 is 36.6 Å². The third-order valence-corrected chi connectivity index (χ3v) is 10.5. The number of anilines is 3. The van der Waals surface area contributed by atoms with Crippen LogP contribution in [0.25, 0.3) is 16.8 Å². The molecule has 1 saturated heterocycles. The Morgan fingerprint density at radius 2 is 1.67 bits per heavy atom. The topological polar surface area (TPSA) is 239 Å². The molecule has 4 aromatic carbocycles. The number of aliphatic hydroxyl groups is 3. The van der Waals surface area contributed by atoms with Crippen molar-refractivity contribution >= 4 is 91.4 Å². The molecule has 0 aliphatic carbocycles. The Hall–Kier alpha value is -5.85. The number of nitrogens with zero attached hydrogens (tertiary/aromatic N) is 1. The van der Waals surface area contributed by atoms with Gasteiger partial charge in [0.25, 0.3) is 5.91 Å². The molecule has 6 rings (SSSR count). The van der Waals surface area contributed by atoms with Gasteiger partial charge in [-0.1, -0.05) is 58.4 Å². The highest BCUT2D eigenvalue weighted by atomic mass is 79.9. The van der Waals surface area contributed by atoms with Crippen molar-refractivity contribution in [3.63, 3.8) is 0 Å². The summed E-state index contributed by atoms with van der Waals surface area (Å²) in [5.41, 5.74) is 3.30. The van der Waals surface area contributed by atoms with Gasteiger partial charge in [0.2, 0.25) is 18.1 Å². The van der Waals surface area contributed by atoms with E-state index in [1.165, 1.54) is 18.2 Å². The predicted molar refractivity (Wildman–Crippen MR) is 225 cm³/mol. The third-order valence-electron chi connectivity index (χ3n) is 9.57. The number of amides is 4. The number of halogens is 2. The van der Waals surface area contributed by atoms with Crippen LogP contribution >= 0.6 is 27.5 Å². The van der Waals surface area contributed by atoms with Gasteiger partial charge in [-0.25, -0.2) is 4.79 Å². The fourth-order valence-corrected chi connectivity index (χ4v) is 7.05. The number of ether oxygens (including phenoxy) is 4. The summed E-state index contributed by atoms with van der Waals surface area (Å²) in [6.45, 7) is -0.148. The van der Waals surface area contributed by atoms with E-state index in [1.807, 2.05) is 36.4 Å². The lowest BCUT2D eigenvalue weighted by Crippen LogP contribution is -2.54. The molecule has 5 atom stereocenters. The number of carbonyl (C=O) groups is 4. The minimum atomic E-state index is -1.60. The summed E-state index contributed by atoms with van der Waals surface area (Å²) in [6.07, 6.45) is -3.25. The summed E-state index contributed by atoms with van der Waals surface area (Å²) < 4.78 is 22.0. The Labute approximate surface area is 362 Å². The minimum Gasteiger partial charge on any atom is -0.497 e. The summed E-state index contributed by atoms with van der Waals surface area (Å²) in [6, 6.07) is 21.0. The van der Waals surface area contributed by atoms with Crippen LogP contribution in [0.3, 0.4) is 0 Å². The number of aliphatic hydroxyl groups excluding tert-OH is 3. The van der Waals surface area contributed by atoms with Gasteiger partial charge in [0.15, 0.2) is 0 Å². The number of nitrogens with one attached hydrogen (secondary N) is 3. The van der Waals surface area contributed by atoms with Gasteiger partial charge in [0.05, 0.1) is 36.1 Å². The molecule has 1 fully saturated rings. The summed E-state index contributed by atoms with van der Waals surface area (Å²) >= 11 is 9.49. The molecule has 2 aliphatic rings. The Bertz CT molecular complexity index is 2270. The van der Waals surface area contributed by atoms with E-state index in [-0.39, 0.29) is 72.7 Å². The second-order valence-electron chi connectivity index (χ2n) is 13.6. The normalized spacial score (nSPS) is 19.2. The maximum Gasteiger partial charge on any atom is 0.411 e. The number of carbonyl (C=O) groups excluding carboxylic acids is 6. The number of alkyl halides is 2. The molecule has 322 valence electrons. The Morgan fingerprint density at radius 1 is 0.951 bits per heavy atom. The molecule has 0 saturated carbocycles. The van der Waals surface area contributed by atoms with Crippen molar-refractivity contribution in [2.45, 2.75) is 43.5 Å². The van der Waals surface area contributed by atoms with Crippen LogP contribution in [0.5, 0.6) is 11.5 Å². The van der Waals surface area contributed by atoms with Gasteiger partial charge in [-0.3, -0.25) is 19.7 Å². The van der Waals surface area contributed by atoms with Gasteiger partial charge in [0.1, 0.15) is 36.4 Å². The smallest absolute Gasteiger partial charge is 0.411 e. The molecular weight excluding hydrogens is 884 g/mol. The SMILES string of the molecule is COc1ccc(/C=C/C(=O)N2CC(CCl)c3c2cc(NC(=O)OCc2ccc(OC4OC[C@@H](O)[C@H](O)[C@H]4O)c(NC(=O)CCNC(=O)CBr)c2)c2ccccc32)cc1.O=C=O. The molecule has 0 spiro atoms. The van der Waals surface area contributed by atoms with Crippen molar-refractivity contribution in [2.75, 3.05) is 53.5 Å². The van der Waals surface area contributed by atoms with Crippen LogP contribution in [0.1, 0.15) is 29.0 Å². The standard InChI is InChI=1S/C41H42BrClN4O11.CO2/c1-55-26-10-6-23(7-11-26)9-13-36(51)47-20-25(19-43)37-28-5-3-2-4-27(28)29(17-31(37)47)46-41(54)57-21-24-8-12-33(58-40-39(53)38(52)32(48)22-56-40)30(16-24)45-34(49)14-15-44-35(50)18-42;2-1-3/h2-13,16-17,25,32,38-40,48,52-53H,14-15,18-22H2,1H3,(H,44,50)(H,45,49)(H,46,54);/b13-9+;/t25?,32-,38+,39-,40?;/m1./s1. The molecule has 4 amide bonds. The van der Waals surface area contributed by atoms with Crippen LogP contribution in [0.2, 0.25) is 0 Å². The third kappa shape index (κ3) is 11.9. The number of methoxy groups -OCH3 is 1. The number of fused-ring (bicyclic) bond motifs is 3. The van der Waals surface area contributed by atoms with Crippen molar-refractivity contribution in [3.05, 3.63) is 95.6 Å². The molecule has 19 heteroatoms. The first-order chi connectivity index (χ1) is 29.4. The predicted octanol–water partition coefficient (Wildman–Crippen LogP) is 4.05. The molecule has 17 nitrogen and oxygen atoms in total. The summed E-state index contributed by atoms with van der Waals surface area (Å²) in [7, 11) is 1.58. The van der Waals surface area contributed by atoms with Gasteiger partial charge >= 0.3 is 12.2 Å². The highest BCUT2D eigenvalue weighted by Gasteiger charge is 2.39. The fraction of sp³-hybridized carbons (Fsp3) is 0.310. The fourth-order valence-electron chi connectivity index (χ4n) is 6.60. The average molecular weight is 926 g/mol. The molecule has 4 aromatic rings. The van der Waals surface area contributed by atoms with E-state index in [0.29, 0.717) is 29.2 Å². The molecule has 2 aliphatic heterocycles. The first-order valence-electron chi connectivity index (χ1n) is 18.7. The Kier molecular flexibility index (Phi) is 16.8. The number of hydrogen-bond acceptors (Lipinski definition) is 13. The first kappa shape index (κ1) is 46.2. The number of rotatable bonds is 14. The van der Waals surface area contributed by atoms with Crippen LogP contribution in [0.15, 0.2) is 78.9 Å². The van der Waals surface area contributed by atoms with E-state index in [4.69, 9.17) is 40.1 Å². The first-order valence-corrected chi connectivity index (χ1v) is 20.3. The van der Waals surface area contributed by atoms with Crippen LogP contribution in [0, 0.1) is 0 Å². The lowest BCUT2D eigenvalue weighted by Gasteiger charge is -2.35. The van der Waals surface area contributed by atoms with Crippen LogP contribution in [-0.4, -0.2) is 108 Å². The molecule has 2 unspecified atom stereocenters. The van der Waals surface area contributed by atoms with Gasteiger partial charge in [0, 0.05) is 42.8 Å². The molecule has 61 heavy (non-hydrogen) atoms. The summed E-state index contributed by atoms with van der Waals surface area (Å²) in [5.74, 6) is -0.167. The zero-order valence-electron chi connectivity index (χ0n) is 32.5. The van der Waals surface area contributed by atoms with Gasteiger partial charge in [-0.2, -0.15) is 9.59 Å². The van der Waals surface area contributed by atoms with Gasteiger partial charge in [-0.15, -0.1) is 11.6 Å². The second kappa shape index (κ2) is 22.1. The quantitative estimate of drug-likeness (QED) is 0.0774. The highest BCUT2D eigenvalue weighted by Crippen LogP contribution is 2.45. The largest absolute Gasteiger partial charge is 0.497 e. The maximum absolute atomic E-state index is 13.6. The molecule has 0 radical (unpaired) electrons. The van der Waals surface area contributed by atoms with Crippen molar-refractivity contribution in [1.29, 1.82) is 0 Å². The summed E-state index contributed by atoms with van der Waals surface area (Å²) in [5, 5.41) is 40.1. The lowest BCUT2D eigenvalue weighted by atomic mass is 9.95. The van der Waals surface area contributed by atoms with E-state index in [2.05, 4.69) is 31.9 Å². The molecule has 0 aromatic heterocycles. The molecule has 2 heterocycles. The van der Waals surface area contributed by atoms with E-state index >= 15 is 0 Å². The van der Waals surface area contributed by atoms with Crippen molar-refractivity contribution in [3.8, 4) is 11.5 Å². The highest BCUT2D eigenvalue weighted by molar-refractivity contribution is 9.09. The number of benzene rings is 4. The van der Waals surface area contributed by atoms with E-state index in [9.17, 15) is 34.5 Å². The van der Waals surface area contributed by atoms with Crippen LogP contribution in [-0.2, 0) is 40.1 Å². The van der Waals surface area contributed by atoms with Gasteiger partial charge in [-0.05, 0) is 58.5 Å². The van der Waals surface area contributed by atoms with E-state index in [0.717, 1.165) is 21.9 Å². The van der Waals surface area contributed by atoms with Crippen molar-refractivity contribution in [2.24, 2.45) is 0 Å². The van der Waals surface area contributed by atoms with Crippen molar-refractivity contribution < 1.29 is 63.0 Å². The Balaban J connectivity index is 0.00000228. The average Bonchev–Trinajstić information content (AvgIpc) is 3.65. The summed E-state index contributed by atoms with van der Waals surface area (Å²) in [4.78, 5) is 69.4. The molecule has 0 bridgehead atoms. The number of hydrogen-bond donors (Lipinski definition) is 6. The minimum absolute atomic E-state index is 0.0523. The maximum atomic E-state index is 13.6. The molecule has 6 N–H and O–H groups in total. The lowest BCUT2D eigenvalue weighted by molar-refractivity contribution is -0.241. The zero-order valence-corrected chi connectivity index (χ0v) is 34.9. The second-order valence-corrected chi connectivity index (χ2v) is 14.4. The van der Waals surface area contributed by atoms with Crippen LogP contribution < -0.4 is 30.3 Å². The Morgan fingerprint density at radius 3 is 2.36 bits per heavy atom. The van der Waals surface area contributed by atoms with Crippen molar-refractivity contribution in [1.82, 2.24) is 5.32 Å². The monoisotopic (exact) mass is 924 g/mol. The van der Waals surface area contributed by atoms with E-state index in [1.54, 1.807) is 42.4 Å². The zero-order chi connectivity index (χ0) is 44.1. The molecular formula is C42H42BrClN4O13. The van der Waals surface area contributed by atoms with Gasteiger partial charge < -0.3 is 49.8 Å².